The van der Waals surface area contributed by atoms with Crippen molar-refractivity contribution >= 4 is 18.2 Å². The number of alkyl halides is 2. The molecule has 164 valence electrons. The van der Waals surface area contributed by atoms with Gasteiger partial charge in [-0.3, -0.25) is 4.90 Å². The smallest absolute Gasteiger partial charge is 0.408 e. The van der Waals surface area contributed by atoms with Crippen molar-refractivity contribution in [2.75, 3.05) is 38.6 Å². The number of nitrogens with one attached hydrogen (secondary N) is 1. The van der Waals surface area contributed by atoms with Crippen molar-refractivity contribution in [1.82, 2.24) is 20.0 Å². The first-order valence-corrected chi connectivity index (χ1v) is 9.67. The van der Waals surface area contributed by atoms with E-state index >= 15 is 0 Å². The number of aldehydes is 1. The van der Waals surface area contributed by atoms with Gasteiger partial charge in [0.15, 0.2) is 0 Å². The van der Waals surface area contributed by atoms with Crippen LogP contribution in [0.4, 0.5) is 19.4 Å². The molecular formula is C19H31F2N5O3. The zero-order chi connectivity index (χ0) is 21.8. The number of aromatic nitrogens is 2. The van der Waals surface area contributed by atoms with Crippen LogP contribution in [0.5, 0.6) is 0 Å². The van der Waals surface area contributed by atoms with E-state index in [2.05, 4.69) is 10.4 Å². The molecule has 1 fully saturated rings. The van der Waals surface area contributed by atoms with Gasteiger partial charge in [0.25, 0.3) is 5.92 Å². The minimum atomic E-state index is -2.57. The lowest BCUT2D eigenvalue weighted by atomic mass is 10.1. The second-order valence-electron chi connectivity index (χ2n) is 8.61. The standard InChI is InChI=1S/C19H31F2N5O3/c1-18(2,3)29-17(28)22-15(11-27)7-9-26-16(24(4)5)10-14(23-26)6-8-25-12-19(20,21)13-25/h10-11,15H,6-9,12-13H2,1-5H3,(H,22,28). The summed E-state index contributed by atoms with van der Waals surface area (Å²) in [6, 6.07) is 1.21. The topological polar surface area (TPSA) is 79.7 Å². The molecule has 2 heterocycles. The molecule has 1 aliphatic rings. The Balaban J connectivity index is 1.91. The second kappa shape index (κ2) is 9.06. The van der Waals surface area contributed by atoms with Crippen molar-refractivity contribution in [1.29, 1.82) is 0 Å². The van der Waals surface area contributed by atoms with E-state index in [4.69, 9.17) is 4.74 Å². The van der Waals surface area contributed by atoms with Gasteiger partial charge in [-0.25, -0.2) is 18.3 Å². The molecule has 1 saturated heterocycles. The molecule has 1 atom stereocenters. The summed E-state index contributed by atoms with van der Waals surface area (Å²) in [5.41, 5.74) is 0.152. The summed E-state index contributed by atoms with van der Waals surface area (Å²) >= 11 is 0. The zero-order valence-electron chi connectivity index (χ0n) is 17.7. The van der Waals surface area contributed by atoms with E-state index < -0.39 is 23.7 Å². The van der Waals surface area contributed by atoms with Crippen LogP contribution in [0.1, 0.15) is 32.9 Å². The summed E-state index contributed by atoms with van der Waals surface area (Å²) < 4.78 is 32.8. The van der Waals surface area contributed by atoms with E-state index in [-0.39, 0.29) is 13.1 Å². The maximum Gasteiger partial charge on any atom is 0.408 e. The zero-order valence-corrected chi connectivity index (χ0v) is 17.7. The summed E-state index contributed by atoms with van der Waals surface area (Å²) in [6.07, 6.45) is 0.948. The highest BCUT2D eigenvalue weighted by atomic mass is 19.3. The van der Waals surface area contributed by atoms with Gasteiger partial charge in [-0.1, -0.05) is 0 Å². The predicted octanol–water partition coefficient (Wildman–Crippen LogP) is 1.92. The number of ether oxygens (including phenoxy) is 1. The van der Waals surface area contributed by atoms with Gasteiger partial charge < -0.3 is 19.7 Å². The molecule has 1 amide bonds. The molecule has 1 aromatic rings. The average molecular weight is 415 g/mol. The van der Waals surface area contributed by atoms with E-state index in [0.29, 0.717) is 32.2 Å². The predicted molar refractivity (Wildman–Crippen MR) is 105 cm³/mol. The molecule has 0 spiro atoms. The summed E-state index contributed by atoms with van der Waals surface area (Å²) in [5, 5.41) is 7.09. The summed E-state index contributed by atoms with van der Waals surface area (Å²) in [4.78, 5) is 26.8. The molecule has 0 radical (unpaired) electrons. The lowest BCUT2D eigenvalue weighted by molar-refractivity contribution is -0.129. The van der Waals surface area contributed by atoms with Crippen LogP contribution in [0.3, 0.4) is 0 Å². The number of hydrogen-bond acceptors (Lipinski definition) is 6. The highest BCUT2D eigenvalue weighted by molar-refractivity contribution is 5.73. The number of rotatable bonds is 9. The lowest BCUT2D eigenvalue weighted by Gasteiger charge is -2.38. The van der Waals surface area contributed by atoms with Gasteiger partial charge in [0.05, 0.1) is 24.8 Å². The Hall–Kier alpha value is -2.23. The van der Waals surface area contributed by atoms with Crippen molar-refractivity contribution in [2.24, 2.45) is 0 Å². The minimum absolute atomic E-state index is 0.203. The van der Waals surface area contributed by atoms with Crippen LogP contribution in [0.2, 0.25) is 0 Å². The van der Waals surface area contributed by atoms with E-state index in [1.165, 1.54) is 0 Å². The van der Waals surface area contributed by atoms with Crippen molar-refractivity contribution < 1.29 is 23.1 Å². The number of halogens is 2. The molecule has 0 aliphatic carbocycles. The Labute approximate surface area is 170 Å². The Kier molecular flexibility index (Phi) is 7.20. The number of nitrogens with zero attached hydrogens (tertiary/aromatic N) is 4. The lowest BCUT2D eigenvalue weighted by Crippen LogP contribution is -2.56. The quantitative estimate of drug-likeness (QED) is 0.621. The fourth-order valence-corrected chi connectivity index (χ4v) is 3.04. The fraction of sp³-hybridized carbons (Fsp3) is 0.737. The van der Waals surface area contributed by atoms with Crippen LogP contribution >= 0.6 is 0 Å². The summed E-state index contributed by atoms with van der Waals surface area (Å²) in [5.74, 6) is -1.73. The van der Waals surface area contributed by atoms with Gasteiger partial charge in [-0.05, 0) is 27.2 Å². The first kappa shape index (κ1) is 23.1. The van der Waals surface area contributed by atoms with Gasteiger partial charge in [-0.15, -0.1) is 0 Å². The molecule has 10 heteroatoms. The molecule has 8 nitrogen and oxygen atoms in total. The van der Waals surface area contributed by atoms with E-state index in [0.717, 1.165) is 11.5 Å². The van der Waals surface area contributed by atoms with Gasteiger partial charge >= 0.3 is 6.09 Å². The third-order valence-corrected chi connectivity index (χ3v) is 4.38. The van der Waals surface area contributed by atoms with Crippen molar-refractivity contribution in [2.45, 2.75) is 57.7 Å². The van der Waals surface area contributed by atoms with Gasteiger partial charge in [0.2, 0.25) is 0 Å². The second-order valence-corrected chi connectivity index (χ2v) is 8.61. The number of carbonyl (C=O) groups is 2. The van der Waals surface area contributed by atoms with Crippen LogP contribution in [-0.4, -0.2) is 78.4 Å². The van der Waals surface area contributed by atoms with E-state index in [1.807, 2.05) is 25.1 Å². The molecule has 1 N–H and O–H groups in total. The van der Waals surface area contributed by atoms with Crippen molar-refractivity contribution in [3.05, 3.63) is 11.8 Å². The monoisotopic (exact) mass is 415 g/mol. The number of alkyl carbamates (subject to hydrolysis) is 1. The molecule has 29 heavy (non-hydrogen) atoms. The van der Waals surface area contributed by atoms with Gasteiger partial charge in [0, 0.05) is 39.7 Å². The number of likely N-dealkylation sites (tertiary alicyclic amines) is 1. The third-order valence-electron chi connectivity index (χ3n) is 4.38. The Morgan fingerprint density at radius 2 is 2.03 bits per heavy atom. The number of anilines is 1. The van der Waals surface area contributed by atoms with Gasteiger partial charge in [-0.2, -0.15) is 5.10 Å². The van der Waals surface area contributed by atoms with Crippen LogP contribution in [0.15, 0.2) is 6.07 Å². The highest BCUT2D eigenvalue weighted by Crippen LogP contribution is 2.26. The van der Waals surface area contributed by atoms with Crippen LogP contribution in [0, 0.1) is 0 Å². The molecular weight excluding hydrogens is 384 g/mol. The first-order valence-electron chi connectivity index (χ1n) is 9.67. The number of amides is 1. The molecule has 0 aromatic carbocycles. The molecule has 2 rings (SSSR count). The molecule has 0 bridgehead atoms. The number of aryl methyl sites for hydroxylation is 1. The average Bonchev–Trinajstić information content (AvgIpc) is 2.96. The largest absolute Gasteiger partial charge is 0.444 e. The van der Waals surface area contributed by atoms with E-state index in [9.17, 15) is 18.4 Å². The van der Waals surface area contributed by atoms with Crippen molar-refractivity contribution in [3.63, 3.8) is 0 Å². The normalized spacial score (nSPS) is 17.3. The Morgan fingerprint density at radius 1 is 1.38 bits per heavy atom. The Morgan fingerprint density at radius 3 is 2.55 bits per heavy atom. The van der Waals surface area contributed by atoms with Crippen LogP contribution < -0.4 is 10.2 Å². The number of carbonyl (C=O) groups excluding carboxylic acids is 2. The molecule has 0 saturated carbocycles. The summed E-state index contributed by atoms with van der Waals surface area (Å²) in [6.45, 7) is 5.78. The molecule has 1 aromatic heterocycles. The molecule has 1 unspecified atom stereocenters. The van der Waals surface area contributed by atoms with Crippen LogP contribution in [0.25, 0.3) is 0 Å². The fourth-order valence-electron chi connectivity index (χ4n) is 3.04. The minimum Gasteiger partial charge on any atom is -0.444 e. The maximum absolute atomic E-state index is 12.9. The Bertz CT molecular complexity index is 707. The number of hydrogen-bond donors (Lipinski definition) is 1. The van der Waals surface area contributed by atoms with Crippen molar-refractivity contribution in [3.8, 4) is 0 Å². The van der Waals surface area contributed by atoms with Crippen LogP contribution in [-0.2, 0) is 22.5 Å². The SMILES string of the molecule is CN(C)c1cc(CCN2CC(F)(F)C2)nn1CCC(C=O)NC(=O)OC(C)(C)C. The highest BCUT2D eigenvalue weighted by Gasteiger charge is 2.43. The first-order chi connectivity index (χ1) is 13.4. The third kappa shape index (κ3) is 7.26. The van der Waals surface area contributed by atoms with E-state index in [1.54, 1.807) is 30.4 Å². The summed E-state index contributed by atoms with van der Waals surface area (Å²) in [7, 11) is 3.76. The molecule has 1 aliphatic heterocycles. The van der Waals surface area contributed by atoms with Gasteiger partial charge in [0.1, 0.15) is 17.7 Å². The maximum atomic E-state index is 12.9.